The maximum Gasteiger partial charge on any atom is 0.311 e. The minimum Gasteiger partial charge on any atom is -0.451 e. The topological polar surface area (TPSA) is 77.1 Å². The van der Waals surface area contributed by atoms with Crippen molar-refractivity contribution in [3.63, 3.8) is 0 Å². The first kappa shape index (κ1) is 25.6. The highest BCUT2D eigenvalue weighted by Crippen LogP contribution is 2.32. The van der Waals surface area contributed by atoms with Crippen LogP contribution in [0.1, 0.15) is 89.2 Å². The summed E-state index contributed by atoms with van der Waals surface area (Å²) in [6.45, 7) is 12.7. The average Bonchev–Trinajstić information content (AvgIpc) is 3.19. The van der Waals surface area contributed by atoms with Gasteiger partial charge in [0.15, 0.2) is 5.76 Å². The molecule has 0 radical (unpaired) electrons. The van der Waals surface area contributed by atoms with E-state index in [2.05, 4.69) is 31.9 Å². The Morgan fingerprint density at radius 1 is 1.18 bits per heavy atom. The zero-order valence-corrected chi connectivity index (χ0v) is 21.4. The Hall–Kier alpha value is -3.07. The van der Waals surface area contributed by atoms with Crippen molar-refractivity contribution in [2.45, 2.75) is 91.9 Å². The van der Waals surface area contributed by atoms with Gasteiger partial charge in [0, 0.05) is 13.5 Å². The second-order valence-corrected chi connectivity index (χ2v) is 10.1. The smallest absolute Gasteiger partial charge is 0.311 e. The summed E-state index contributed by atoms with van der Waals surface area (Å²) in [5.74, 6) is 0.0770. The number of benzene rings is 1. The van der Waals surface area contributed by atoms with Crippen LogP contribution in [0, 0.1) is 24.2 Å². The Morgan fingerprint density at radius 2 is 1.82 bits per heavy atom. The molecule has 0 N–H and O–H groups in total. The van der Waals surface area contributed by atoms with Gasteiger partial charge in [-0.15, -0.1) is 0 Å². The first-order valence-corrected chi connectivity index (χ1v) is 12.3. The largest absolute Gasteiger partial charge is 0.451 e. The number of nitriles is 1. The SMILES string of the molecule is CCn1nc(C)cc1/C(OC(C)OC(=O)C1CCCCC1)=C(\C#N)c1ccc(C(C)(C)C)cc1. The predicted molar refractivity (Wildman–Crippen MR) is 133 cm³/mol. The van der Waals surface area contributed by atoms with E-state index in [4.69, 9.17) is 9.47 Å². The maximum absolute atomic E-state index is 12.7. The van der Waals surface area contributed by atoms with Crippen molar-refractivity contribution in [1.29, 1.82) is 5.26 Å². The molecule has 0 aliphatic heterocycles. The van der Waals surface area contributed by atoms with Gasteiger partial charge >= 0.3 is 5.97 Å². The summed E-state index contributed by atoms with van der Waals surface area (Å²) in [6.07, 6.45) is 4.17. The van der Waals surface area contributed by atoms with Crippen molar-refractivity contribution in [3.8, 4) is 6.07 Å². The molecule has 1 aliphatic rings. The lowest BCUT2D eigenvalue weighted by molar-refractivity contribution is -0.170. The maximum atomic E-state index is 12.7. The third kappa shape index (κ3) is 6.08. The lowest BCUT2D eigenvalue weighted by atomic mass is 9.86. The number of carbonyl (C=O) groups is 1. The molecule has 1 saturated carbocycles. The molecule has 182 valence electrons. The van der Waals surface area contributed by atoms with Crippen LogP contribution in [0.15, 0.2) is 30.3 Å². The molecule has 1 aromatic carbocycles. The van der Waals surface area contributed by atoms with Gasteiger partial charge in [-0.05, 0) is 49.3 Å². The zero-order chi connectivity index (χ0) is 24.9. The molecule has 1 atom stereocenters. The molecular formula is C28H37N3O3. The second kappa shape index (κ2) is 10.9. The van der Waals surface area contributed by atoms with Crippen LogP contribution in [0.2, 0.25) is 0 Å². The van der Waals surface area contributed by atoms with Crippen LogP contribution in [-0.2, 0) is 26.2 Å². The Morgan fingerprint density at radius 3 is 2.38 bits per heavy atom. The molecular weight excluding hydrogens is 426 g/mol. The minimum absolute atomic E-state index is 0.00809. The highest BCUT2D eigenvalue weighted by Gasteiger charge is 2.27. The number of hydrogen-bond donors (Lipinski definition) is 0. The fraction of sp³-hybridized carbons (Fsp3) is 0.536. The lowest BCUT2D eigenvalue weighted by Gasteiger charge is -2.24. The molecule has 0 amide bonds. The highest BCUT2D eigenvalue weighted by molar-refractivity contribution is 5.94. The van der Waals surface area contributed by atoms with Gasteiger partial charge in [0.05, 0.1) is 11.6 Å². The number of aryl methyl sites for hydroxylation is 2. The molecule has 0 spiro atoms. The van der Waals surface area contributed by atoms with Gasteiger partial charge in [-0.3, -0.25) is 9.48 Å². The average molecular weight is 464 g/mol. The van der Waals surface area contributed by atoms with Crippen LogP contribution in [0.5, 0.6) is 0 Å². The molecule has 1 aromatic heterocycles. The number of esters is 1. The highest BCUT2D eigenvalue weighted by atomic mass is 16.7. The molecule has 6 heteroatoms. The van der Waals surface area contributed by atoms with Gasteiger partial charge in [0.2, 0.25) is 6.29 Å². The van der Waals surface area contributed by atoms with Crippen molar-refractivity contribution in [2.24, 2.45) is 5.92 Å². The van der Waals surface area contributed by atoms with Crippen molar-refractivity contribution in [2.75, 3.05) is 0 Å². The van der Waals surface area contributed by atoms with Gasteiger partial charge in [-0.25, -0.2) is 0 Å². The van der Waals surface area contributed by atoms with Crippen LogP contribution in [0.4, 0.5) is 0 Å². The molecule has 1 aliphatic carbocycles. The van der Waals surface area contributed by atoms with E-state index in [1.54, 1.807) is 11.6 Å². The number of nitrogens with zero attached hydrogens (tertiary/aromatic N) is 3. The standard InChI is InChI=1S/C28H37N3O3/c1-7-31-25(17-19(2)30-31)26(33-20(3)34-27(32)22-11-9-8-10-12-22)24(18-29)21-13-15-23(16-14-21)28(4,5)6/h13-17,20,22H,7-12H2,1-6H3/b26-24-. The van der Waals surface area contributed by atoms with Crippen LogP contribution in [-0.4, -0.2) is 22.0 Å². The third-order valence-electron chi connectivity index (χ3n) is 6.32. The van der Waals surface area contributed by atoms with E-state index in [0.717, 1.165) is 36.9 Å². The van der Waals surface area contributed by atoms with Crippen LogP contribution < -0.4 is 0 Å². The summed E-state index contributed by atoms with van der Waals surface area (Å²) in [4.78, 5) is 12.7. The first-order valence-electron chi connectivity index (χ1n) is 12.3. The summed E-state index contributed by atoms with van der Waals surface area (Å²) in [5, 5.41) is 14.7. The number of aromatic nitrogens is 2. The zero-order valence-electron chi connectivity index (χ0n) is 21.4. The monoisotopic (exact) mass is 463 g/mol. The summed E-state index contributed by atoms with van der Waals surface area (Å²) < 4.78 is 13.7. The van der Waals surface area contributed by atoms with E-state index < -0.39 is 6.29 Å². The molecule has 0 saturated heterocycles. The van der Waals surface area contributed by atoms with Crippen molar-refractivity contribution >= 4 is 17.3 Å². The van der Waals surface area contributed by atoms with E-state index in [-0.39, 0.29) is 17.3 Å². The van der Waals surface area contributed by atoms with Crippen molar-refractivity contribution in [1.82, 2.24) is 9.78 Å². The number of rotatable bonds is 7. The van der Waals surface area contributed by atoms with Gasteiger partial charge in [-0.2, -0.15) is 10.4 Å². The van der Waals surface area contributed by atoms with Crippen LogP contribution >= 0.6 is 0 Å². The fourth-order valence-electron chi connectivity index (χ4n) is 4.39. The van der Waals surface area contributed by atoms with Crippen molar-refractivity contribution in [3.05, 3.63) is 52.8 Å². The molecule has 3 rings (SSSR count). The Kier molecular flexibility index (Phi) is 8.19. The summed E-state index contributed by atoms with van der Waals surface area (Å²) in [7, 11) is 0. The first-order chi connectivity index (χ1) is 16.1. The number of ether oxygens (including phenoxy) is 2. The van der Waals surface area contributed by atoms with Gasteiger partial charge in [-0.1, -0.05) is 64.3 Å². The summed E-state index contributed by atoms with van der Waals surface area (Å²) in [6, 6.07) is 12.2. The summed E-state index contributed by atoms with van der Waals surface area (Å²) in [5.41, 5.74) is 3.84. The number of allylic oxidation sites excluding steroid dienone is 1. The molecule has 2 aromatic rings. The Bertz CT molecular complexity index is 1060. The molecule has 1 heterocycles. The Labute approximate surface area is 203 Å². The fourth-order valence-corrected chi connectivity index (χ4v) is 4.39. The van der Waals surface area contributed by atoms with E-state index in [1.165, 1.54) is 12.0 Å². The Balaban J connectivity index is 1.98. The van der Waals surface area contributed by atoms with Gasteiger partial charge < -0.3 is 9.47 Å². The van der Waals surface area contributed by atoms with Crippen LogP contribution in [0.25, 0.3) is 11.3 Å². The van der Waals surface area contributed by atoms with E-state index in [0.29, 0.717) is 23.6 Å². The third-order valence-corrected chi connectivity index (χ3v) is 6.32. The van der Waals surface area contributed by atoms with Crippen molar-refractivity contribution < 1.29 is 14.3 Å². The van der Waals surface area contributed by atoms with E-state index in [1.807, 2.05) is 44.2 Å². The van der Waals surface area contributed by atoms with E-state index >= 15 is 0 Å². The predicted octanol–water partition coefficient (Wildman–Crippen LogP) is 6.39. The van der Waals surface area contributed by atoms with E-state index in [9.17, 15) is 10.1 Å². The molecule has 34 heavy (non-hydrogen) atoms. The molecule has 1 unspecified atom stereocenters. The lowest BCUT2D eigenvalue weighted by Crippen LogP contribution is -2.26. The second-order valence-electron chi connectivity index (χ2n) is 10.1. The molecule has 1 fully saturated rings. The van der Waals surface area contributed by atoms with Gasteiger partial charge in [0.1, 0.15) is 17.3 Å². The minimum atomic E-state index is -0.831. The molecule has 0 bridgehead atoms. The summed E-state index contributed by atoms with van der Waals surface area (Å²) >= 11 is 0. The normalized spacial score (nSPS) is 16.4. The number of hydrogen-bond acceptors (Lipinski definition) is 5. The van der Waals surface area contributed by atoms with Gasteiger partial charge in [0.25, 0.3) is 0 Å². The quantitative estimate of drug-likeness (QED) is 0.206. The van der Waals surface area contributed by atoms with Crippen LogP contribution in [0.3, 0.4) is 0 Å². The number of carbonyl (C=O) groups excluding carboxylic acids is 1. The molecule has 6 nitrogen and oxygen atoms in total.